The molecule has 0 fully saturated rings. The molecule has 14 heavy (non-hydrogen) atoms. The van der Waals surface area contributed by atoms with Gasteiger partial charge < -0.3 is 5.32 Å². The van der Waals surface area contributed by atoms with Crippen molar-refractivity contribution in [2.24, 2.45) is 5.92 Å². The molecule has 1 atom stereocenters. The smallest absolute Gasteiger partial charge is 0.222 e. The number of rotatable bonds is 4. The van der Waals surface area contributed by atoms with Gasteiger partial charge in [0, 0.05) is 24.3 Å². The Kier molecular flexibility index (Phi) is 4.62. The van der Waals surface area contributed by atoms with Crippen LogP contribution in [0.5, 0.6) is 0 Å². The zero-order valence-corrected chi connectivity index (χ0v) is 10.5. The van der Waals surface area contributed by atoms with Crippen LogP contribution in [-0.4, -0.2) is 21.9 Å². The molecule has 0 amide bonds. The van der Waals surface area contributed by atoms with Crippen molar-refractivity contribution in [1.29, 1.82) is 0 Å². The highest BCUT2D eigenvalue weighted by Gasteiger charge is 2.12. The molecule has 1 unspecified atom stereocenters. The van der Waals surface area contributed by atoms with Crippen molar-refractivity contribution in [2.75, 3.05) is 11.2 Å². The minimum absolute atomic E-state index is 0.206. The summed E-state index contributed by atoms with van der Waals surface area (Å²) in [5.74, 6) is 1.63. The minimum atomic E-state index is 0.206. The van der Waals surface area contributed by atoms with Gasteiger partial charge in [-0.05, 0) is 21.8 Å². The average Bonchev–Trinajstić information content (AvgIpc) is 2.16. The summed E-state index contributed by atoms with van der Waals surface area (Å²) in [5, 5.41) is 3.18. The lowest BCUT2D eigenvalue weighted by Gasteiger charge is -2.19. The number of aromatic nitrogens is 2. The van der Waals surface area contributed by atoms with Crippen LogP contribution in [0.4, 0.5) is 5.95 Å². The van der Waals surface area contributed by atoms with Crippen molar-refractivity contribution in [3.8, 4) is 0 Å². The first-order valence-electron chi connectivity index (χ1n) is 4.43. The molecule has 0 aromatic carbocycles. The Morgan fingerprint density at radius 1 is 1.43 bits per heavy atom. The Balaban J connectivity index is 2.63. The zero-order valence-electron chi connectivity index (χ0n) is 8.17. The fourth-order valence-electron chi connectivity index (χ4n) is 0.936. The van der Waals surface area contributed by atoms with Crippen molar-refractivity contribution in [1.82, 2.24) is 9.97 Å². The maximum absolute atomic E-state index is 5.82. The summed E-state index contributed by atoms with van der Waals surface area (Å²) in [4.78, 5) is 8.24. The first-order valence-corrected chi connectivity index (χ1v) is 5.76. The van der Waals surface area contributed by atoms with Crippen molar-refractivity contribution in [2.45, 2.75) is 19.9 Å². The van der Waals surface area contributed by atoms with Crippen LogP contribution < -0.4 is 5.32 Å². The second kappa shape index (κ2) is 5.51. The summed E-state index contributed by atoms with van der Waals surface area (Å²) in [6.45, 7) is 4.22. The Bertz CT molecular complexity index is 276. The molecule has 0 aliphatic heterocycles. The second-order valence-electron chi connectivity index (χ2n) is 3.37. The van der Waals surface area contributed by atoms with Gasteiger partial charge in [0.05, 0.1) is 4.47 Å². The maximum Gasteiger partial charge on any atom is 0.222 e. The molecule has 0 saturated heterocycles. The highest BCUT2D eigenvalue weighted by Crippen LogP contribution is 2.11. The lowest BCUT2D eigenvalue weighted by molar-refractivity contribution is 0.560. The summed E-state index contributed by atoms with van der Waals surface area (Å²) < 4.78 is 0.870. The molecule has 0 aliphatic rings. The van der Waals surface area contributed by atoms with Gasteiger partial charge in [0.25, 0.3) is 0 Å². The third kappa shape index (κ3) is 3.42. The molecule has 0 aliphatic carbocycles. The first-order chi connectivity index (χ1) is 6.63. The van der Waals surface area contributed by atoms with E-state index in [4.69, 9.17) is 11.6 Å². The molecule has 1 rings (SSSR count). The summed E-state index contributed by atoms with van der Waals surface area (Å²) in [5.41, 5.74) is 0. The number of nitrogens with one attached hydrogen (secondary N) is 1. The van der Waals surface area contributed by atoms with Crippen LogP contribution in [0.2, 0.25) is 0 Å². The molecule has 0 radical (unpaired) electrons. The molecule has 1 aromatic heterocycles. The van der Waals surface area contributed by atoms with Crippen LogP contribution in [0.3, 0.4) is 0 Å². The molecule has 0 saturated carbocycles. The number of alkyl halides is 1. The van der Waals surface area contributed by atoms with Crippen LogP contribution in [0.25, 0.3) is 0 Å². The maximum atomic E-state index is 5.82. The highest BCUT2D eigenvalue weighted by atomic mass is 79.9. The molecule has 5 heteroatoms. The summed E-state index contributed by atoms with van der Waals surface area (Å²) in [7, 11) is 0. The zero-order chi connectivity index (χ0) is 10.6. The van der Waals surface area contributed by atoms with Crippen LogP contribution in [-0.2, 0) is 0 Å². The van der Waals surface area contributed by atoms with Gasteiger partial charge in [-0.1, -0.05) is 13.8 Å². The largest absolute Gasteiger partial charge is 0.350 e. The third-order valence-corrected chi connectivity index (χ3v) is 2.65. The number of hydrogen-bond donors (Lipinski definition) is 1. The van der Waals surface area contributed by atoms with E-state index in [0.717, 1.165) is 4.47 Å². The van der Waals surface area contributed by atoms with Gasteiger partial charge in [-0.2, -0.15) is 0 Å². The van der Waals surface area contributed by atoms with Gasteiger partial charge in [-0.25, -0.2) is 9.97 Å². The number of nitrogens with zero attached hydrogens (tertiary/aromatic N) is 2. The fourth-order valence-corrected chi connectivity index (χ4v) is 1.57. The minimum Gasteiger partial charge on any atom is -0.350 e. The molecule has 0 bridgehead atoms. The topological polar surface area (TPSA) is 37.8 Å². The van der Waals surface area contributed by atoms with Gasteiger partial charge in [-0.3, -0.25) is 0 Å². The van der Waals surface area contributed by atoms with Crippen molar-refractivity contribution < 1.29 is 0 Å². The molecular formula is C9H13BrClN3. The molecule has 1 N–H and O–H groups in total. The Hall–Kier alpha value is -0.350. The first kappa shape index (κ1) is 11.7. The van der Waals surface area contributed by atoms with Crippen LogP contribution in [0, 0.1) is 5.92 Å². The van der Waals surface area contributed by atoms with Gasteiger partial charge >= 0.3 is 0 Å². The quantitative estimate of drug-likeness (QED) is 0.861. The number of anilines is 1. The molecular weight excluding hydrogens is 265 g/mol. The van der Waals surface area contributed by atoms with Crippen LogP contribution in [0.1, 0.15) is 13.8 Å². The van der Waals surface area contributed by atoms with Crippen LogP contribution in [0.15, 0.2) is 16.9 Å². The Morgan fingerprint density at radius 2 is 2.00 bits per heavy atom. The number of halogens is 2. The molecule has 3 nitrogen and oxygen atoms in total. The fraction of sp³-hybridized carbons (Fsp3) is 0.556. The molecule has 1 heterocycles. The van der Waals surface area contributed by atoms with E-state index >= 15 is 0 Å². The van der Waals surface area contributed by atoms with Crippen LogP contribution >= 0.6 is 27.5 Å². The summed E-state index contributed by atoms with van der Waals surface area (Å²) >= 11 is 9.10. The van der Waals surface area contributed by atoms with Gasteiger partial charge in [-0.15, -0.1) is 11.6 Å². The SMILES string of the molecule is CC(C)C(CCl)Nc1ncc(Br)cn1. The second-order valence-corrected chi connectivity index (χ2v) is 4.60. The van der Waals surface area contributed by atoms with E-state index < -0.39 is 0 Å². The monoisotopic (exact) mass is 277 g/mol. The van der Waals surface area contributed by atoms with E-state index in [-0.39, 0.29) is 6.04 Å². The van der Waals surface area contributed by atoms with E-state index in [9.17, 15) is 0 Å². The van der Waals surface area contributed by atoms with E-state index in [1.54, 1.807) is 12.4 Å². The lowest BCUT2D eigenvalue weighted by Crippen LogP contribution is -2.28. The Morgan fingerprint density at radius 3 is 2.43 bits per heavy atom. The summed E-state index contributed by atoms with van der Waals surface area (Å²) in [6.07, 6.45) is 3.42. The molecule has 0 spiro atoms. The average molecular weight is 279 g/mol. The van der Waals surface area contributed by atoms with Crippen molar-refractivity contribution >= 4 is 33.5 Å². The van der Waals surface area contributed by atoms with E-state index in [0.29, 0.717) is 17.7 Å². The summed E-state index contributed by atoms with van der Waals surface area (Å²) in [6, 6.07) is 0.206. The van der Waals surface area contributed by atoms with E-state index in [2.05, 4.69) is 45.1 Å². The van der Waals surface area contributed by atoms with Gasteiger partial charge in [0.15, 0.2) is 0 Å². The van der Waals surface area contributed by atoms with E-state index in [1.807, 2.05) is 0 Å². The highest BCUT2D eigenvalue weighted by molar-refractivity contribution is 9.10. The standard InChI is InChI=1S/C9H13BrClN3/c1-6(2)8(3-11)14-9-12-4-7(10)5-13-9/h4-6,8H,3H2,1-2H3,(H,12,13,14). The van der Waals surface area contributed by atoms with Gasteiger partial charge in [0.2, 0.25) is 5.95 Å². The number of hydrogen-bond acceptors (Lipinski definition) is 3. The Labute approximate surface area is 97.4 Å². The normalized spacial score (nSPS) is 12.9. The van der Waals surface area contributed by atoms with E-state index in [1.165, 1.54) is 0 Å². The van der Waals surface area contributed by atoms with Gasteiger partial charge in [0.1, 0.15) is 0 Å². The predicted molar refractivity (Wildman–Crippen MR) is 62.7 cm³/mol. The lowest BCUT2D eigenvalue weighted by atomic mass is 10.1. The van der Waals surface area contributed by atoms with Crippen molar-refractivity contribution in [3.63, 3.8) is 0 Å². The predicted octanol–water partition coefficient (Wildman–Crippen LogP) is 2.91. The molecule has 78 valence electrons. The van der Waals surface area contributed by atoms with Crippen molar-refractivity contribution in [3.05, 3.63) is 16.9 Å². The molecule has 1 aromatic rings. The third-order valence-electron chi connectivity index (χ3n) is 1.91.